The number of hydrogen-bond donors (Lipinski definition) is 1. The maximum Gasteiger partial charge on any atom is 0.156 e. The first-order chi connectivity index (χ1) is 10.7. The fraction of sp³-hybridized carbons (Fsp3) is 0.947. The van der Waals surface area contributed by atoms with Gasteiger partial charge in [0, 0.05) is 11.8 Å². The normalized spacial score (nSPS) is 35.2. The van der Waals surface area contributed by atoms with Crippen molar-refractivity contribution >= 4 is 16.9 Å². The van der Waals surface area contributed by atoms with Crippen LogP contribution in [0.4, 0.5) is 0 Å². The molecule has 4 atom stereocenters. The van der Waals surface area contributed by atoms with E-state index >= 15 is 0 Å². The molecule has 2 fully saturated rings. The third-order valence-electron chi connectivity index (χ3n) is 6.49. The first-order valence-electron chi connectivity index (χ1n) is 9.68. The number of aliphatic imine (C=N–C) groups is 1. The zero-order valence-electron chi connectivity index (χ0n) is 14.5. The third-order valence-corrected chi connectivity index (χ3v) is 7.40. The van der Waals surface area contributed by atoms with Crippen molar-refractivity contribution in [1.82, 2.24) is 5.32 Å². The minimum atomic E-state index is 0.671. The van der Waals surface area contributed by atoms with Gasteiger partial charge in [-0.25, -0.2) is 0 Å². The molecule has 22 heavy (non-hydrogen) atoms. The van der Waals surface area contributed by atoms with Crippen LogP contribution in [0.15, 0.2) is 4.99 Å². The first kappa shape index (κ1) is 16.7. The molecule has 0 bridgehead atoms. The molecule has 0 radical (unpaired) electrons. The maximum atomic E-state index is 4.68. The smallest absolute Gasteiger partial charge is 0.156 e. The van der Waals surface area contributed by atoms with E-state index in [1.807, 2.05) is 11.8 Å². The van der Waals surface area contributed by atoms with E-state index in [9.17, 15) is 0 Å². The number of rotatable bonds is 4. The summed E-state index contributed by atoms with van der Waals surface area (Å²) in [5, 5.41) is 5.14. The summed E-state index contributed by atoms with van der Waals surface area (Å²) in [5.41, 5.74) is 0. The molecular weight excluding hydrogens is 288 g/mol. The fourth-order valence-corrected chi connectivity index (χ4v) is 5.69. The van der Waals surface area contributed by atoms with Gasteiger partial charge in [-0.15, -0.1) is 0 Å². The summed E-state index contributed by atoms with van der Waals surface area (Å²) < 4.78 is 0. The second-order valence-corrected chi connectivity index (χ2v) is 9.04. The molecule has 1 N–H and O–H groups in total. The van der Waals surface area contributed by atoms with Crippen molar-refractivity contribution in [2.45, 2.75) is 77.7 Å². The number of nitrogens with one attached hydrogen (secondary N) is 1. The summed E-state index contributed by atoms with van der Waals surface area (Å²) in [4.78, 5) is 4.68. The number of nitrogens with zero attached hydrogens (tertiary/aromatic N) is 1. The lowest BCUT2D eigenvalue weighted by atomic mass is 9.68. The van der Waals surface area contributed by atoms with Crippen LogP contribution in [-0.4, -0.2) is 23.5 Å². The molecule has 126 valence electrons. The predicted octanol–water partition coefficient (Wildman–Crippen LogP) is 5.09. The van der Waals surface area contributed by atoms with Gasteiger partial charge in [-0.05, 0) is 36.5 Å². The number of amidine groups is 1. The lowest BCUT2D eigenvalue weighted by Crippen LogP contribution is -2.45. The van der Waals surface area contributed by atoms with Crippen molar-refractivity contribution in [2.75, 3.05) is 12.3 Å². The average molecular weight is 323 g/mol. The van der Waals surface area contributed by atoms with Crippen molar-refractivity contribution in [3.63, 3.8) is 0 Å². The Hall–Kier alpha value is -0.180. The average Bonchev–Trinajstić information content (AvgIpc) is 3.03. The van der Waals surface area contributed by atoms with Gasteiger partial charge in [0.05, 0.1) is 6.54 Å². The molecule has 0 amide bonds. The summed E-state index contributed by atoms with van der Waals surface area (Å²) in [7, 11) is 0. The summed E-state index contributed by atoms with van der Waals surface area (Å²) in [5.74, 6) is 4.75. The first-order valence-corrected chi connectivity index (χ1v) is 10.7. The molecule has 2 nitrogen and oxygen atoms in total. The summed E-state index contributed by atoms with van der Waals surface area (Å²) >= 11 is 1.94. The monoisotopic (exact) mass is 322 g/mol. The topological polar surface area (TPSA) is 24.4 Å². The van der Waals surface area contributed by atoms with Crippen LogP contribution in [0.5, 0.6) is 0 Å². The summed E-state index contributed by atoms with van der Waals surface area (Å²) in [6.07, 6.45) is 13.0. The predicted molar refractivity (Wildman–Crippen MR) is 98.5 cm³/mol. The zero-order valence-corrected chi connectivity index (χ0v) is 15.3. The van der Waals surface area contributed by atoms with Crippen LogP contribution < -0.4 is 5.32 Å². The van der Waals surface area contributed by atoms with E-state index in [4.69, 9.17) is 0 Å². The van der Waals surface area contributed by atoms with Gasteiger partial charge in [-0.3, -0.25) is 4.99 Å². The van der Waals surface area contributed by atoms with E-state index in [1.165, 1.54) is 68.7 Å². The second kappa shape index (κ2) is 8.08. The molecule has 0 spiro atoms. The highest BCUT2D eigenvalue weighted by Gasteiger charge is 2.35. The molecule has 3 rings (SSSR count). The molecule has 1 aliphatic heterocycles. The lowest BCUT2D eigenvalue weighted by molar-refractivity contribution is 0.130. The highest BCUT2D eigenvalue weighted by Crippen LogP contribution is 2.39. The van der Waals surface area contributed by atoms with Crippen molar-refractivity contribution in [3.05, 3.63) is 0 Å². The van der Waals surface area contributed by atoms with Gasteiger partial charge in [0.2, 0.25) is 0 Å². The van der Waals surface area contributed by atoms with E-state index in [0.29, 0.717) is 6.04 Å². The van der Waals surface area contributed by atoms with E-state index in [-0.39, 0.29) is 0 Å². The maximum absolute atomic E-state index is 4.68. The molecule has 3 heteroatoms. The van der Waals surface area contributed by atoms with E-state index in [2.05, 4.69) is 24.2 Å². The molecule has 2 saturated carbocycles. The standard InChI is InChI=1S/C19H34N2S/c1-14-7-6-10-17(15(14)2)18(21-19-20-11-12-22-19)13-16-8-4-3-5-9-16/h14-18H,3-13H2,1-2H3,(H,20,21). The van der Waals surface area contributed by atoms with Crippen LogP contribution in [0, 0.1) is 23.7 Å². The molecular formula is C19H34N2S. The molecule has 2 aliphatic carbocycles. The van der Waals surface area contributed by atoms with Gasteiger partial charge in [-0.2, -0.15) is 0 Å². The Labute approximate surface area is 141 Å². The van der Waals surface area contributed by atoms with Gasteiger partial charge in [0.25, 0.3) is 0 Å². The van der Waals surface area contributed by atoms with E-state index in [0.717, 1.165) is 30.2 Å². The fourth-order valence-electron chi connectivity index (χ4n) is 4.89. The van der Waals surface area contributed by atoms with Gasteiger partial charge in [-0.1, -0.05) is 70.6 Å². The van der Waals surface area contributed by atoms with E-state index in [1.54, 1.807) is 0 Å². The van der Waals surface area contributed by atoms with Crippen LogP contribution in [0.2, 0.25) is 0 Å². The minimum Gasteiger partial charge on any atom is -0.362 e. The Kier molecular flexibility index (Phi) is 6.12. The quantitative estimate of drug-likeness (QED) is 0.779. The highest BCUT2D eigenvalue weighted by atomic mass is 32.2. The largest absolute Gasteiger partial charge is 0.362 e. The van der Waals surface area contributed by atoms with Crippen molar-refractivity contribution in [1.29, 1.82) is 0 Å². The molecule has 4 unspecified atom stereocenters. The van der Waals surface area contributed by atoms with Gasteiger partial charge < -0.3 is 5.32 Å². The summed E-state index contributed by atoms with van der Waals surface area (Å²) in [6, 6.07) is 0.671. The van der Waals surface area contributed by atoms with Crippen LogP contribution >= 0.6 is 11.8 Å². The minimum absolute atomic E-state index is 0.671. The van der Waals surface area contributed by atoms with Gasteiger partial charge in [0.15, 0.2) is 5.17 Å². The van der Waals surface area contributed by atoms with Crippen molar-refractivity contribution in [3.8, 4) is 0 Å². The summed E-state index contributed by atoms with van der Waals surface area (Å²) in [6.45, 7) is 5.99. The van der Waals surface area contributed by atoms with Crippen LogP contribution in [0.1, 0.15) is 71.6 Å². The van der Waals surface area contributed by atoms with E-state index < -0.39 is 0 Å². The zero-order chi connectivity index (χ0) is 15.4. The highest BCUT2D eigenvalue weighted by molar-refractivity contribution is 8.14. The second-order valence-electron chi connectivity index (χ2n) is 7.96. The van der Waals surface area contributed by atoms with Gasteiger partial charge in [0.1, 0.15) is 0 Å². The van der Waals surface area contributed by atoms with Crippen LogP contribution in [0.25, 0.3) is 0 Å². The Balaban J connectivity index is 1.66. The lowest BCUT2D eigenvalue weighted by Gasteiger charge is -2.41. The Morgan fingerprint density at radius 2 is 1.91 bits per heavy atom. The van der Waals surface area contributed by atoms with Crippen molar-refractivity contribution in [2.24, 2.45) is 28.7 Å². The number of thioether (sulfide) groups is 1. The molecule has 0 aromatic carbocycles. The Morgan fingerprint density at radius 1 is 1.09 bits per heavy atom. The van der Waals surface area contributed by atoms with Crippen LogP contribution in [0.3, 0.4) is 0 Å². The molecule has 0 aromatic rings. The Morgan fingerprint density at radius 3 is 2.64 bits per heavy atom. The SMILES string of the molecule is CC1CCCC(C(CC2CCCCC2)NC2=NCCS2)C1C. The third kappa shape index (κ3) is 4.21. The molecule has 3 aliphatic rings. The number of hydrogen-bond acceptors (Lipinski definition) is 3. The van der Waals surface area contributed by atoms with Crippen molar-refractivity contribution < 1.29 is 0 Å². The van der Waals surface area contributed by atoms with Crippen LogP contribution in [-0.2, 0) is 0 Å². The molecule has 0 saturated heterocycles. The Bertz CT molecular complexity index is 376. The molecule has 0 aromatic heterocycles. The van der Waals surface area contributed by atoms with Gasteiger partial charge >= 0.3 is 0 Å². The molecule has 1 heterocycles.